The lowest BCUT2D eigenvalue weighted by atomic mass is 10.1. The van der Waals surface area contributed by atoms with E-state index in [0.29, 0.717) is 31.7 Å². The summed E-state index contributed by atoms with van der Waals surface area (Å²) in [5.74, 6) is 0.562. The Morgan fingerprint density at radius 1 is 1.07 bits per heavy atom. The summed E-state index contributed by atoms with van der Waals surface area (Å²) in [6, 6.07) is 17.4. The minimum atomic E-state index is -0.111. The van der Waals surface area contributed by atoms with Gasteiger partial charge in [0.15, 0.2) is 0 Å². The Morgan fingerprint density at radius 2 is 1.79 bits per heavy atom. The Morgan fingerprint density at radius 3 is 2.54 bits per heavy atom. The summed E-state index contributed by atoms with van der Waals surface area (Å²) in [4.78, 5) is 24.1. The topological polar surface area (TPSA) is 60.3 Å². The Bertz CT molecular complexity index is 1010. The second-order valence-corrected chi connectivity index (χ2v) is 6.82. The highest BCUT2D eigenvalue weighted by molar-refractivity contribution is 5.85. The highest BCUT2D eigenvalue weighted by Gasteiger charge is 2.08. The monoisotopic (exact) mass is 378 g/mol. The van der Waals surface area contributed by atoms with Crippen LogP contribution >= 0.6 is 0 Å². The Balaban J connectivity index is 1.48. The number of hydrogen-bond donors (Lipinski definition) is 1. The average molecular weight is 378 g/mol. The second kappa shape index (κ2) is 9.22. The first-order chi connectivity index (χ1) is 13.6. The summed E-state index contributed by atoms with van der Waals surface area (Å²) in [5, 5.41) is 3.83. The molecule has 0 saturated carbocycles. The SMILES string of the molecule is CCc1ccc(CNC(=O)CCCOc2cc(=O)n(C)c3ccccc23)cc1. The molecule has 0 radical (unpaired) electrons. The Labute approximate surface area is 165 Å². The van der Waals surface area contributed by atoms with Crippen molar-refractivity contribution < 1.29 is 9.53 Å². The maximum Gasteiger partial charge on any atom is 0.254 e. The molecular weight excluding hydrogens is 352 g/mol. The van der Waals surface area contributed by atoms with Crippen LogP contribution in [0.1, 0.15) is 30.9 Å². The van der Waals surface area contributed by atoms with E-state index in [-0.39, 0.29) is 11.5 Å². The molecule has 1 aromatic heterocycles. The van der Waals surface area contributed by atoms with Gasteiger partial charge in [0.2, 0.25) is 5.91 Å². The molecule has 0 bridgehead atoms. The molecule has 0 saturated heterocycles. The van der Waals surface area contributed by atoms with Gasteiger partial charge in [-0.25, -0.2) is 0 Å². The zero-order chi connectivity index (χ0) is 19.9. The lowest BCUT2D eigenvalue weighted by Gasteiger charge is -2.11. The van der Waals surface area contributed by atoms with Crippen molar-refractivity contribution in [1.82, 2.24) is 9.88 Å². The highest BCUT2D eigenvalue weighted by Crippen LogP contribution is 2.23. The van der Waals surface area contributed by atoms with Gasteiger partial charge in [-0.15, -0.1) is 0 Å². The van der Waals surface area contributed by atoms with Crippen molar-refractivity contribution in [3.63, 3.8) is 0 Å². The number of nitrogens with one attached hydrogen (secondary N) is 1. The molecule has 1 N–H and O–H groups in total. The number of para-hydroxylation sites is 1. The molecule has 1 heterocycles. The standard InChI is InChI=1S/C23H26N2O3/c1-3-17-10-12-18(13-11-17)16-24-22(26)9-6-14-28-21-15-23(27)25(2)20-8-5-4-7-19(20)21/h4-5,7-8,10-13,15H,3,6,9,14,16H2,1-2H3,(H,24,26). The van der Waals surface area contributed by atoms with Crippen LogP contribution in [-0.2, 0) is 24.8 Å². The fourth-order valence-electron chi connectivity index (χ4n) is 3.10. The third-order valence-electron chi connectivity index (χ3n) is 4.84. The summed E-state index contributed by atoms with van der Waals surface area (Å²) >= 11 is 0. The molecule has 2 aromatic carbocycles. The minimum absolute atomic E-state index is 0.00278. The van der Waals surface area contributed by atoms with Crippen molar-refractivity contribution in [2.24, 2.45) is 7.05 Å². The average Bonchev–Trinajstić information content (AvgIpc) is 2.73. The van der Waals surface area contributed by atoms with E-state index >= 15 is 0 Å². The number of hydrogen-bond acceptors (Lipinski definition) is 3. The fraction of sp³-hybridized carbons (Fsp3) is 0.304. The van der Waals surface area contributed by atoms with Crippen molar-refractivity contribution in [2.45, 2.75) is 32.7 Å². The molecule has 0 spiro atoms. The van der Waals surface area contributed by atoms with E-state index in [1.54, 1.807) is 11.6 Å². The van der Waals surface area contributed by atoms with Crippen molar-refractivity contribution in [2.75, 3.05) is 6.61 Å². The summed E-state index contributed by atoms with van der Waals surface area (Å²) in [7, 11) is 1.74. The van der Waals surface area contributed by atoms with Crippen LogP contribution in [0.2, 0.25) is 0 Å². The van der Waals surface area contributed by atoms with E-state index in [2.05, 4.69) is 24.4 Å². The molecule has 1 amide bonds. The van der Waals surface area contributed by atoms with Crippen LogP contribution in [-0.4, -0.2) is 17.1 Å². The fourth-order valence-corrected chi connectivity index (χ4v) is 3.10. The first-order valence-corrected chi connectivity index (χ1v) is 9.64. The summed E-state index contributed by atoms with van der Waals surface area (Å²) in [6.45, 7) is 3.04. The zero-order valence-corrected chi connectivity index (χ0v) is 16.4. The van der Waals surface area contributed by atoms with Gasteiger partial charge in [0, 0.05) is 31.5 Å². The number of amides is 1. The summed E-state index contributed by atoms with van der Waals surface area (Å²) in [6.07, 6.45) is 1.98. The third kappa shape index (κ3) is 4.80. The number of carbonyl (C=O) groups is 1. The van der Waals surface area contributed by atoms with Gasteiger partial charge < -0.3 is 14.6 Å². The molecule has 0 aliphatic carbocycles. The van der Waals surface area contributed by atoms with Crippen molar-refractivity contribution >= 4 is 16.8 Å². The summed E-state index contributed by atoms with van der Waals surface area (Å²) in [5.41, 5.74) is 3.10. The zero-order valence-electron chi connectivity index (χ0n) is 16.4. The van der Waals surface area contributed by atoms with Crippen LogP contribution in [0, 0.1) is 0 Å². The van der Waals surface area contributed by atoms with Crippen LogP contribution in [0.3, 0.4) is 0 Å². The van der Waals surface area contributed by atoms with Crippen LogP contribution in [0.4, 0.5) is 0 Å². The molecule has 0 atom stereocenters. The number of aryl methyl sites for hydroxylation is 2. The van der Waals surface area contributed by atoms with Crippen molar-refractivity contribution in [3.8, 4) is 5.75 Å². The van der Waals surface area contributed by atoms with E-state index in [4.69, 9.17) is 4.74 Å². The first-order valence-electron chi connectivity index (χ1n) is 9.64. The van der Waals surface area contributed by atoms with Gasteiger partial charge >= 0.3 is 0 Å². The normalized spacial score (nSPS) is 10.8. The number of fused-ring (bicyclic) bond motifs is 1. The molecule has 3 rings (SSSR count). The molecule has 146 valence electrons. The number of ether oxygens (including phenoxy) is 1. The van der Waals surface area contributed by atoms with Gasteiger partial charge in [-0.2, -0.15) is 0 Å². The van der Waals surface area contributed by atoms with Crippen LogP contribution in [0.15, 0.2) is 59.4 Å². The van der Waals surface area contributed by atoms with E-state index in [1.807, 2.05) is 36.4 Å². The molecule has 0 fully saturated rings. The minimum Gasteiger partial charge on any atom is -0.493 e. The van der Waals surface area contributed by atoms with Gasteiger partial charge in [-0.3, -0.25) is 9.59 Å². The number of benzene rings is 2. The predicted octanol–water partition coefficient (Wildman–Crippen LogP) is 3.58. The molecule has 5 heteroatoms. The quantitative estimate of drug-likeness (QED) is 0.610. The molecule has 5 nitrogen and oxygen atoms in total. The van der Waals surface area contributed by atoms with Crippen LogP contribution in [0.25, 0.3) is 10.9 Å². The molecular formula is C23H26N2O3. The maximum atomic E-state index is 12.1. The van der Waals surface area contributed by atoms with Gasteiger partial charge in [-0.05, 0) is 36.1 Å². The summed E-state index contributed by atoms with van der Waals surface area (Å²) < 4.78 is 7.40. The maximum absolute atomic E-state index is 12.1. The predicted molar refractivity (Wildman–Crippen MR) is 112 cm³/mol. The molecule has 0 unspecified atom stereocenters. The molecule has 28 heavy (non-hydrogen) atoms. The molecule has 0 aliphatic heterocycles. The molecule has 3 aromatic rings. The Hall–Kier alpha value is -3.08. The third-order valence-corrected chi connectivity index (χ3v) is 4.84. The number of pyridine rings is 1. The van der Waals surface area contributed by atoms with E-state index < -0.39 is 0 Å². The highest BCUT2D eigenvalue weighted by atomic mass is 16.5. The smallest absolute Gasteiger partial charge is 0.254 e. The number of carbonyl (C=O) groups excluding carboxylic acids is 1. The Kier molecular flexibility index (Phi) is 6.48. The first kappa shape index (κ1) is 19.7. The largest absolute Gasteiger partial charge is 0.493 e. The van der Waals surface area contributed by atoms with E-state index in [1.165, 1.54) is 11.6 Å². The lowest BCUT2D eigenvalue weighted by Crippen LogP contribution is -2.23. The van der Waals surface area contributed by atoms with Gasteiger partial charge in [-0.1, -0.05) is 43.3 Å². The number of nitrogens with zero attached hydrogens (tertiary/aromatic N) is 1. The lowest BCUT2D eigenvalue weighted by molar-refractivity contribution is -0.121. The van der Waals surface area contributed by atoms with E-state index in [9.17, 15) is 9.59 Å². The van der Waals surface area contributed by atoms with Crippen LogP contribution < -0.4 is 15.6 Å². The number of rotatable bonds is 8. The van der Waals surface area contributed by atoms with E-state index in [0.717, 1.165) is 22.9 Å². The van der Waals surface area contributed by atoms with Gasteiger partial charge in [0.25, 0.3) is 5.56 Å². The van der Waals surface area contributed by atoms with Gasteiger partial charge in [0.05, 0.1) is 12.1 Å². The van der Waals surface area contributed by atoms with Gasteiger partial charge in [0.1, 0.15) is 5.75 Å². The molecule has 0 aliphatic rings. The number of aromatic nitrogens is 1. The van der Waals surface area contributed by atoms with Crippen molar-refractivity contribution in [3.05, 3.63) is 76.1 Å². The van der Waals surface area contributed by atoms with Crippen molar-refractivity contribution in [1.29, 1.82) is 0 Å². The second-order valence-electron chi connectivity index (χ2n) is 6.82. The van der Waals surface area contributed by atoms with Crippen LogP contribution in [0.5, 0.6) is 5.75 Å².